The second kappa shape index (κ2) is 11.3. The summed E-state index contributed by atoms with van der Waals surface area (Å²) in [4.78, 5) is 42.6. The summed E-state index contributed by atoms with van der Waals surface area (Å²) in [5.41, 5.74) is 1.67. The third kappa shape index (κ3) is 5.86. The van der Waals surface area contributed by atoms with Gasteiger partial charge < -0.3 is 10.1 Å². The number of fused-ring (bicyclic) bond motifs is 1. The molecule has 1 aliphatic carbocycles. The molecule has 1 amide bonds. The highest BCUT2D eigenvalue weighted by Gasteiger charge is 2.18. The SMILES string of the molecule is COC(=O)c1ccc2c(=O)n(CCc3ccccc3)c(SCC(=O)NC3CCCCC3)nc2c1. The van der Waals surface area contributed by atoms with Crippen LogP contribution in [0.4, 0.5) is 0 Å². The molecule has 0 atom stereocenters. The van der Waals surface area contributed by atoms with Gasteiger partial charge in [0.1, 0.15) is 0 Å². The van der Waals surface area contributed by atoms with Crippen LogP contribution < -0.4 is 10.9 Å². The molecule has 0 saturated heterocycles. The fraction of sp³-hybridized carbons (Fsp3) is 0.385. The van der Waals surface area contributed by atoms with Crippen LogP contribution in [-0.4, -0.2) is 40.3 Å². The zero-order valence-corrected chi connectivity index (χ0v) is 20.1. The fourth-order valence-corrected chi connectivity index (χ4v) is 5.12. The van der Waals surface area contributed by atoms with Gasteiger partial charge >= 0.3 is 5.97 Å². The Bertz CT molecular complexity index is 1220. The summed E-state index contributed by atoms with van der Waals surface area (Å²) < 4.78 is 6.43. The maximum Gasteiger partial charge on any atom is 0.337 e. The number of esters is 1. The van der Waals surface area contributed by atoms with Crippen molar-refractivity contribution in [3.05, 3.63) is 70.0 Å². The van der Waals surface area contributed by atoms with Gasteiger partial charge in [0.15, 0.2) is 5.16 Å². The number of hydrogen-bond donors (Lipinski definition) is 1. The number of carbonyl (C=O) groups is 2. The molecular weight excluding hydrogens is 450 g/mol. The van der Waals surface area contributed by atoms with Gasteiger partial charge in [-0.2, -0.15) is 0 Å². The molecule has 0 aliphatic heterocycles. The number of aromatic nitrogens is 2. The Morgan fingerprint density at radius 3 is 2.62 bits per heavy atom. The fourth-order valence-electron chi connectivity index (χ4n) is 4.28. The van der Waals surface area contributed by atoms with Crippen molar-refractivity contribution >= 4 is 34.5 Å². The smallest absolute Gasteiger partial charge is 0.337 e. The molecule has 0 radical (unpaired) electrons. The lowest BCUT2D eigenvalue weighted by Gasteiger charge is -2.22. The van der Waals surface area contributed by atoms with Crippen LogP contribution >= 0.6 is 11.8 Å². The number of ether oxygens (including phenoxy) is 1. The maximum atomic E-state index is 13.4. The van der Waals surface area contributed by atoms with Crippen molar-refractivity contribution in [2.45, 2.75) is 56.3 Å². The molecule has 7 nitrogen and oxygen atoms in total. The van der Waals surface area contributed by atoms with E-state index in [1.165, 1.54) is 25.3 Å². The number of methoxy groups -OCH3 is 1. The van der Waals surface area contributed by atoms with Crippen LogP contribution in [0.2, 0.25) is 0 Å². The molecule has 0 unspecified atom stereocenters. The van der Waals surface area contributed by atoms with Gasteiger partial charge in [-0.25, -0.2) is 9.78 Å². The predicted octanol–water partition coefficient (Wildman–Crippen LogP) is 3.97. The summed E-state index contributed by atoms with van der Waals surface area (Å²) in [5.74, 6) is -0.363. The number of benzene rings is 2. The molecule has 1 saturated carbocycles. The number of rotatable bonds is 8. The summed E-state index contributed by atoms with van der Waals surface area (Å²) in [6.45, 7) is 0.442. The largest absolute Gasteiger partial charge is 0.465 e. The average molecular weight is 480 g/mol. The normalized spacial score (nSPS) is 14.1. The number of amides is 1. The minimum Gasteiger partial charge on any atom is -0.465 e. The van der Waals surface area contributed by atoms with Crippen molar-refractivity contribution in [1.82, 2.24) is 14.9 Å². The van der Waals surface area contributed by atoms with E-state index in [4.69, 9.17) is 4.74 Å². The maximum absolute atomic E-state index is 13.4. The first-order valence-corrected chi connectivity index (χ1v) is 12.6. The van der Waals surface area contributed by atoms with Crippen LogP contribution in [0.25, 0.3) is 10.9 Å². The first kappa shape index (κ1) is 24.0. The van der Waals surface area contributed by atoms with Gasteiger partial charge in [0, 0.05) is 12.6 Å². The lowest BCUT2D eigenvalue weighted by atomic mass is 9.95. The Hall–Kier alpha value is -3.13. The minimum atomic E-state index is -0.488. The summed E-state index contributed by atoms with van der Waals surface area (Å²) in [6.07, 6.45) is 6.21. The highest BCUT2D eigenvalue weighted by atomic mass is 32.2. The van der Waals surface area contributed by atoms with E-state index in [1.54, 1.807) is 22.8 Å². The third-order valence-electron chi connectivity index (χ3n) is 6.11. The molecule has 178 valence electrons. The molecule has 1 heterocycles. The van der Waals surface area contributed by atoms with Gasteiger partial charge in [-0.1, -0.05) is 61.4 Å². The van der Waals surface area contributed by atoms with Crippen LogP contribution in [0, 0.1) is 0 Å². The molecule has 0 spiro atoms. The average Bonchev–Trinajstić information content (AvgIpc) is 2.87. The van der Waals surface area contributed by atoms with Crippen molar-refractivity contribution in [2.75, 3.05) is 12.9 Å². The van der Waals surface area contributed by atoms with Crippen LogP contribution in [0.5, 0.6) is 0 Å². The zero-order chi connectivity index (χ0) is 23.9. The summed E-state index contributed by atoms with van der Waals surface area (Å²) >= 11 is 1.25. The Morgan fingerprint density at radius 2 is 1.88 bits per heavy atom. The van der Waals surface area contributed by atoms with Gasteiger partial charge in [0.25, 0.3) is 5.56 Å². The van der Waals surface area contributed by atoms with Crippen molar-refractivity contribution in [3.8, 4) is 0 Å². The molecule has 1 fully saturated rings. The summed E-state index contributed by atoms with van der Waals surface area (Å²) in [6, 6.07) is 14.9. The Kier molecular flexibility index (Phi) is 8.00. The van der Waals surface area contributed by atoms with Crippen molar-refractivity contribution in [1.29, 1.82) is 0 Å². The van der Waals surface area contributed by atoms with Gasteiger partial charge in [-0.3, -0.25) is 14.2 Å². The number of thioether (sulfide) groups is 1. The topological polar surface area (TPSA) is 90.3 Å². The molecule has 2 aromatic carbocycles. The van der Waals surface area contributed by atoms with Crippen LogP contribution in [-0.2, 0) is 22.5 Å². The van der Waals surface area contributed by atoms with E-state index in [9.17, 15) is 14.4 Å². The first-order chi connectivity index (χ1) is 16.5. The number of nitrogens with one attached hydrogen (secondary N) is 1. The molecule has 0 bridgehead atoms. The molecule has 1 aromatic heterocycles. The molecule has 4 rings (SSSR count). The van der Waals surface area contributed by atoms with E-state index < -0.39 is 5.97 Å². The van der Waals surface area contributed by atoms with Crippen molar-refractivity contribution < 1.29 is 14.3 Å². The van der Waals surface area contributed by atoms with E-state index in [0.29, 0.717) is 34.6 Å². The number of hydrogen-bond acceptors (Lipinski definition) is 6. The van der Waals surface area contributed by atoms with Crippen LogP contribution in [0.3, 0.4) is 0 Å². The third-order valence-corrected chi connectivity index (χ3v) is 7.09. The lowest BCUT2D eigenvalue weighted by molar-refractivity contribution is -0.119. The Balaban J connectivity index is 1.60. The van der Waals surface area contributed by atoms with Gasteiger partial charge in [0.05, 0.1) is 29.3 Å². The Labute approximate surface area is 202 Å². The van der Waals surface area contributed by atoms with E-state index in [2.05, 4.69) is 10.3 Å². The predicted molar refractivity (Wildman–Crippen MR) is 133 cm³/mol. The standard InChI is InChI=1S/C26H29N3O4S/c1-33-25(32)19-12-13-21-22(16-19)28-26(34-17-23(30)27-20-10-6-3-7-11-20)29(24(21)31)15-14-18-8-4-2-5-9-18/h2,4-5,8-9,12-13,16,20H,3,6-7,10-11,14-15,17H2,1H3,(H,27,30). The summed E-state index contributed by atoms with van der Waals surface area (Å²) in [7, 11) is 1.31. The molecule has 34 heavy (non-hydrogen) atoms. The van der Waals surface area contributed by atoms with Crippen LogP contribution in [0.1, 0.15) is 48.0 Å². The monoisotopic (exact) mass is 479 g/mol. The van der Waals surface area contributed by atoms with E-state index in [-0.39, 0.29) is 23.3 Å². The molecule has 1 N–H and O–H groups in total. The number of carbonyl (C=O) groups excluding carboxylic acids is 2. The highest BCUT2D eigenvalue weighted by molar-refractivity contribution is 7.99. The summed E-state index contributed by atoms with van der Waals surface area (Å²) in [5, 5.41) is 4.01. The zero-order valence-electron chi connectivity index (χ0n) is 19.3. The van der Waals surface area contributed by atoms with Crippen LogP contribution in [0.15, 0.2) is 58.5 Å². The molecule has 3 aromatic rings. The van der Waals surface area contributed by atoms with Crippen molar-refractivity contribution in [2.24, 2.45) is 0 Å². The van der Waals surface area contributed by atoms with Gasteiger partial charge in [0.2, 0.25) is 5.91 Å². The van der Waals surface area contributed by atoms with Gasteiger partial charge in [-0.05, 0) is 43.0 Å². The second-order valence-corrected chi connectivity index (χ2v) is 9.44. The van der Waals surface area contributed by atoms with E-state index >= 15 is 0 Å². The minimum absolute atomic E-state index is 0.0517. The highest BCUT2D eigenvalue weighted by Crippen LogP contribution is 2.21. The molecular formula is C26H29N3O4S. The Morgan fingerprint density at radius 1 is 1.12 bits per heavy atom. The lowest BCUT2D eigenvalue weighted by Crippen LogP contribution is -2.37. The number of aryl methyl sites for hydroxylation is 1. The number of nitrogens with zero attached hydrogens (tertiary/aromatic N) is 2. The molecule has 1 aliphatic rings. The van der Waals surface area contributed by atoms with E-state index in [1.807, 2.05) is 30.3 Å². The van der Waals surface area contributed by atoms with Crippen molar-refractivity contribution in [3.63, 3.8) is 0 Å². The molecule has 8 heteroatoms. The first-order valence-electron chi connectivity index (χ1n) is 11.6. The van der Waals surface area contributed by atoms with Gasteiger partial charge in [-0.15, -0.1) is 0 Å². The van der Waals surface area contributed by atoms with E-state index in [0.717, 1.165) is 31.2 Å². The second-order valence-electron chi connectivity index (χ2n) is 8.50. The quantitative estimate of drug-likeness (QED) is 0.299.